The Morgan fingerprint density at radius 1 is 1.04 bits per heavy atom. The van der Waals surface area contributed by atoms with Gasteiger partial charge >= 0.3 is 5.97 Å². The van der Waals surface area contributed by atoms with E-state index in [9.17, 15) is 14.4 Å². The Labute approximate surface area is 168 Å². The van der Waals surface area contributed by atoms with Crippen molar-refractivity contribution in [1.29, 1.82) is 0 Å². The van der Waals surface area contributed by atoms with Crippen molar-refractivity contribution < 1.29 is 23.9 Å². The van der Waals surface area contributed by atoms with Gasteiger partial charge in [-0.25, -0.2) is 0 Å². The molecule has 0 heterocycles. The van der Waals surface area contributed by atoms with E-state index in [0.29, 0.717) is 16.3 Å². The normalized spacial score (nSPS) is 11.2. The fraction of sp³-hybridized carbons (Fsp3) is 0.250. The van der Waals surface area contributed by atoms with Gasteiger partial charge in [-0.1, -0.05) is 41.9 Å². The van der Waals surface area contributed by atoms with Crippen LogP contribution in [-0.4, -0.2) is 37.5 Å². The van der Waals surface area contributed by atoms with Gasteiger partial charge in [0.2, 0.25) is 0 Å². The van der Waals surface area contributed by atoms with E-state index in [1.54, 1.807) is 48.5 Å². The first-order chi connectivity index (χ1) is 13.4. The predicted octanol–water partition coefficient (Wildman–Crippen LogP) is 2.33. The first kappa shape index (κ1) is 21.2. The Balaban J connectivity index is 1.79. The lowest BCUT2D eigenvalue weighted by molar-refractivity contribution is -0.153. The molecule has 0 spiro atoms. The Morgan fingerprint density at radius 3 is 2.43 bits per heavy atom. The first-order valence-corrected chi connectivity index (χ1v) is 8.92. The third-order valence-corrected chi connectivity index (χ3v) is 4.20. The summed E-state index contributed by atoms with van der Waals surface area (Å²) >= 11 is 6.03. The standard InChI is InChI=1S/C20H21ClN2O5/c1-13(19(25)22-11-14-7-3-5-9-16(14)21)28-18(24)12-23-20(26)15-8-4-6-10-17(15)27-2/h3-10,13H,11-12H2,1-2H3,(H,22,25)(H,23,26). The summed E-state index contributed by atoms with van der Waals surface area (Å²) in [4.78, 5) is 36.1. The van der Waals surface area contributed by atoms with Crippen molar-refractivity contribution >= 4 is 29.4 Å². The van der Waals surface area contributed by atoms with Gasteiger partial charge in [0, 0.05) is 11.6 Å². The predicted molar refractivity (Wildman–Crippen MR) is 104 cm³/mol. The third kappa shape index (κ3) is 5.99. The maximum absolute atomic E-state index is 12.1. The van der Waals surface area contributed by atoms with Crippen molar-refractivity contribution in [2.75, 3.05) is 13.7 Å². The topological polar surface area (TPSA) is 93.7 Å². The molecule has 2 N–H and O–H groups in total. The summed E-state index contributed by atoms with van der Waals surface area (Å²) in [5, 5.41) is 5.62. The highest BCUT2D eigenvalue weighted by molar-refractivity contribution is 6.31. The largest absolute Gasteiger partial charge is 0.496 e. The van der Waals surface area contributed by atoms with Crippen LogP contribution in [0.15, 0.2) is 48.5 Å². The summed E-state index contributed by atoms with van der Waals surface area (Å²) in [6, 6.07) is 13.7. The van der Waals surface area contributed by atoms with Crippen molar-refractivity contribution in [1.82, 2.24) is 10.6 Å². The Morgan fingerprint density at radius 2 is 1.71 bits per heavy atom. The summed E-state index contributed by atoms with van der Waals surface area (Å²) in [7, 11) is 1.45. The van der Waals surface area contributed by atoms with Crippen molar-refractivity contribution in [3.8, 4) is 5.75 Å². The van der Waals surface area contributed by atoms with E-state index in [0.717, 1.165) is 5.56 Å². The molecule has 0 saturated carbocycles. The lowest BCUT2D eigenvalue weighted by Gasteiger charge is -2.14. The van der Waals surface area contributed by atoms with Crippen LogP contribution in [0.2, 0.25) is 5.02 Å². The number of benzene rings is 2. The Hall–Kier alpha value is -3.06. The van der Waals surface area contributed by atoms with Gasteiger partial charge in [0.1, 0.15) is 12.3 Å². The molecule has 2 amide bonds. The highest BCUT2D eigenvalue weighted by Crippen LogP contribution is 2.17. The average Bonchev–Trinajstić information content (AvgIpc) is 2.71. The van der Waals surface area contributed by atoms with Crippen LogP contribution in [0.25, 0.3) is 0 Å². The van der Waals surface area contributed by atoms with Crippen LogP contribution in [0.4, 0.5) is 0 Å². The Kier molecular flexibility index (Phi) is 7.83. The summed E-state index contributed by atoms with van der Waals surface area (Å²) in [6.07, 6.45) is -1.02. The lowest BCUT2D eigenvalue weighted by Crippen LogP contribution is -2.38. The zero-order valence-corrected chi connectivity index (χ0v) is 16.3. The van der Waals surface area contributed by atoms with Gasteiger partial charge in [-0.05, 0) is 30.7 Å². The Bertz CT molecular complexity index is 856. The lowest BCUT2D eigenvalue weighted by atomic mass is 10.2. The molecule has 0 aliphatic heterocycles. The molecule has 0 aliphatic rings. The SMILES string of the molecule is COc1ccccc1C(=O)NCC(=O)OC(C)C(=O)NCc1ccccc1Cl. The van der Waals surface area contributed by atoms with Crippen LogP contribution < -0.4 is 15.4 Å². The number of methoxy groups -OCH3 is 1. The minimum Gasteiger partial charge on any atom is -0.496 e. The number of carbonyl (C=O) groups is 3. The molecule has 1 unspecified atom stereocenters. The molecule has 148 valence electrons. The first-order valence-electron chi connectivity index (χ1n) is 8.54. The number of esters is 1. The van der Waals surface area contributed by atoms with Gasteiger partial charge in [-0.15, -0.1) is 0 Å². The van der Waals surface area contributed by atoms with Gasteiger partial charge in [0.15, 0.2) is 6.10 Å². The number of ether oxygens (including phenoxy) is 2. The molecule has 0 saturated heterocycles. The third-order valence-electron chi connectivity index (χ3n) is 3.83. The van der Waals surface area contributed by atoms with E-state index in [4.69, 9.17) is 21.1 Å². The molecule has 2 aromatic carbocycles. The second kappa shape index (κ2) is 10.3. The van der Waals surface area contributed by atoms with Crippen molar-refractivity contribution in [3.05, 3.63) is 64.7 Å². The molecular weight excluding hydrogens is 384 g/mol. The fourth-order valence-electron chi connectivity index (χ4n) is 2.34. The monoisotopic (exact) mass is 404 g/mol. The summed E-state index contributed by atoms with van der Waals surface area (Å²) in [5.74, 6) is -1.29. The van der Waals surface area contributed by atoms with Crippen molar-refractivity contribution in [3.63, 3.8) is 0 Å². The molecule has 2 rings (SSSR count). The van der Waals surface area contributed by atoms with E-state index < -0.39 is 23.9 Å². The minimum absolute atomic E-state index is 0.213. The molecule has 2 aromatic rings. The summed E-state index contributed by atoms with van der Waals surface area (Å²) in [5.41, 5.74) is 1.04. The van der Waals surface area contributed by atoms with Crippen LogP contribution in [0.3, 0.4) is 0 Å². The summed E-state index contributed by atoms with van der Waals surface area (Å²) < 4.78 is 10.1. The smallest absolute Gasteiger partial charge is 0.326 e. The van der Waals surface area contributed by atoms with Crippen LogP contribution in [0.5, 0.6) is 5.75 Å². The maximum atomic E-state index is 12.1. The fourth-order valence-corrected chi connectivity index (χ4v) is 2.54. The second-order valence-electron chi connectivity index (χ2n) is 5.82. The van der Waals surface area contributed by atoms with E-state index in [-0.39, 0.29) is 13.1 Å². The number of halogens is 1. The summed E-state index contributed by atoms with van der Waals surface area (Å²) in [6.45, 7) is 1.28. The van der Waals surface area contributed by atoms with E-state index in [1.807, 2.05) is 0 Å². The number of hydrogen-bond donors (Lipinski definition) is 2. The molecule has 0 fully saturated rings. The molecule has 8 heteroatoms. The van der Waals surface area contributed by atoms with Gasteiger partial charge in [-0.2, -0.15) is 0 Å². The maximum Gasteiger partial charge on any atom is 0.326 e. The molecule has 28 heavy (non-hydrogen) atoms. The zero-order valence-electron chi connectivity index (χ0n) is 15.5. The van der Waals surface area contributed by atoms with Gasteiger partial charge < -0.3 is 20.1 Å². The van der Waals surface area contributed by atoms with Crippen LogP contribution >= 0.6 is 11.6 Å². The number of para-hydroxylation sites is 1. The molecule has 1 atom stereocenters. The molecule has 0 radical (unpaired) electrons. The van der Waals surface area contributed by atoms with Crippen molar-refractivity contribution in [2.45, 2.75) is 19.6 Å². The number of nitrogens with one attached hydrogen (secondary N) is 2. The number of rotatable bonds is 8. The molecule has 0 bridgehead atoms. The van der Waals surface area contributed by atoms with Gasteiger partial charge in [0.25, 0.3) is 11.8 Å². The number of carbonyl (C=O) groups excluding carboxylic acids is 3. The highest BCUT2D eigenvalue weighted by Gasteiger charge is 2.19. The molecular formula is C20H21ClN2O5. The van der Waals surface area contributed by atoms with E-state index in [2.05, 4.69) is 10.6 Å². The molecule has 7 nitrogen and oxygen atoms in total. The van der Waals surface area contributed by atoms with Crippen LogP contribution in [0, 0.1) is 0 Å². The van der Waals surface area contributed by atoms with Crippen LogP contribution in [0.1, 0.15) is 22.8 Å². The minimum atomic E-state index is -1.02. The molecule has 0 aliphatic carbocycles. The number of amides is 2. The second-order valence-corrected chi connectivity index (χ2v) is 6.23. The number of hydrogen-bond acceptors (Lipinski definition) is 5. The highest BCUT2D eigenvalue weighted by atomic mass is 35.5. The van der Waals surface area contributed by atoms with Gasteiger partial charge in [-0.3, -0.25) is 14.4 Å². The molecule has 0 aromatic heterocycles. The average molecular weight is 405 g/mol. The van der Waals surface area contributed by atoms with Crippen molar-refractivity contribution in [2.24, 2.45) is 0 Å². The van der Waals surface area contributed by atoms with Crippen LogP contribution in [-0.2, 0) is 20.9 Å². The van der Waals surface area contributed by atoms with E-state index in [1.165, 1.54) is 14.0 Å². The quantitative estimate of drug-likeness (QED) is 0.658. The zero-order chi connectivity index (χ0) is 20.5. The van der Waals surface area contributed by atoms with Gasteiger partial charge in [0.05, 0.1) is 12.7 Å². The van der Waals surface area contributed by atoms with E-state index >= 15 is 0 Å².